The summed E-state index contributed by atoms with van der Waals surface area (Å²) in [6.45, 7) is 3.69. The molecule has 1 rings (SSSR count). The predicted octanol–water partition coefficient (Wildman–Crippen LogP) is 4.05. The third-order valence-electron chi connectivity index (χ3n) is 2.89. The molecule has 132 valence electrons. The molecule has 0 heterocycles. The highest BCUT2D eigenvalue weighted by molar-refractivity contribution is 5.92. The second-order valence-electron chi connectivity index (χ2n) is 6.52. The zero-order chi connectivity index (χ0) is 18.5. The summed E-state index contributed by atoms with van der Waals surface area (Å²) in [7, 11) is 0. The van der Waals surface area contributed by atoms with Crippen LogP contribution in [0.5, 0.6) is 0 Å². The van der Waals surface area contributed by atoms with Crippen LogP contribution in [0.2, 0.25) is 0 Å². The van der Waals surface area contributed by atoms with Gasteiger partial charge in [-0.2, -0.15) is 13.2 Å². The Balaban J connectivity index is 3.01. The van der Waals surface area contributed by atoms with Gasteiger partial charge in [0.1, 0.15) is 6.54 Å². The van der Waals surface area contributed by atoms with Gasteiger partial charge in [-0.3, -0.25) is 14.9 Å². The van der Waals surface area contributed by atoms with Crippen molar-refractivity contribution in [3.63, 3.8) is 0 Å². The molecule has 0 unspecified atom stereocenters. The van der Waals surface area contributed by atoms with Crippen molar-refractivity contribution in [3.8, 4) is 0 Å². The fourth-order valence-electron chi connectivity index (χ4n) is 2.06. The van der Waals surface area contributed by atoms with Gasteiger partial charge in [-0.15, -0.1) is 0 Å². The summed E-state index contributed by atoms with van der Waals surface area (Å²) in [5.74, 6) is -0.847. The van der Waals surface area contributed by atoms with E-state index in [4.69, 9.17) is 0 Å². The molecule has 5 nitrogen and oxygen atoms in total. The van der Waals surface area contributed by atoms with Gasteiger partial charge in [-0.25, -0.2) is 0 Å². The zero-order valence-electron chi connectivity index (χ0n) is 13.6. The molecule has 0 saturated heterocycles. The van der Waals surface area contributed by atoms with Crippen molar-refractivity contribution in [2.45, 2.75) is 26.9 Å². The van der Waals surface area contributed by atoms with Gasteiger partial charge >= 0.3 is 6.18 Å². The van der Waals surface area contributed by atoms with Gasteiger partial charge in [0.25, 0.3) is 5.69 Å². The van der Waals surface area contributed by atoms with E-state index >= 15 is 0 Å². The largest absolute Gasteiger partial charge is 0.406 e. The summed E-state index contributed by atoms with van der Waals surface area (Å²) in [5.41, 5.74) is -0.591. The topological polar surface area (TPSA) is 63.5 Å². The maximum atomic E-state index is 12.7. The maximum Gasteiger partial charge on any atom is 0.406 e. The van der Waals surface area contributed by atoms with Crippen molar-refractivity contribution in [3.05, 3.63) is 46.0 Å². The smallest absolute Gasteiger partial charge is 0.330 e. The Morgan fingerprint density at radius 1 is 1.21 bits per heavy atom. The highest BCUT2D eigenvalue weighted by atomic mass is 19.4. The Bertz CT molecular complexity index is 618. The molecule has 0 atom stereocenters. The molecule has 1 aromatic carbocycles. The highest BCUT2D eigenvalue weighted by Gasteiger charge is 2.34. The molecule has 0 fully saturated rings. The number of nitro benzene ring substituents is 1. The van der Waals surface area contributed by atoms with Crippen molar-refractivity contribution in [1.29, 1.82) is 0 Å². The molecule has 0 saturated carbocycles. The lowest BCUT2D eigenvalue weighted by molar-refractivity contribution is -0.385. The molecule has 0 radical (unpaired) electrons. The zero-order valence-corrected chi connectivity index (χ0v) is 13.6. The van der Waals surface area contributed by atoms with Crippen LogP contribution < -0.4 is 0 Å². The molecule has 0 aliphatic carbocycles. The van der Waals surface area contributed by atoms with Gasteiger partial charge in [0.15, 0.2) is 0 Å². The second kappa shape index (κ2) is 7.46. The lowest BCUT2D eigenvalue weighted by atomic mass is 9.96. The minimum Gasteiger partial charge on any atom is -0.330 e. The minimum absolute atomic E-state index is 0.0907. The number of nitrogens with zero attached hydrogens (tertiary/aromatic N) is 2. The minimum atomic E-state index is -4.52. The van der Waals surface area contributed by atoms with E-state index in [1.165, 1.54) is 18.2 Å². The third-order valence-corrected chi connectivity index (χ3v) is 2.89. The standard InChI is InChI=1S/C16H19F3N2O3/c1-15(2,3)10-20(11-16(17,18)19)14(22)9-8-12-6-4-5-7-13(12)21(23)24/h4-9H,10-11H2,1-3H3/b9-8+. The van der Waals surface area contributed by atoms with Crippen LogP contribution in [0.3, 0.4) is 0 Å². The number of benzene rings is 1. The average molecular weight is 344 g/mol. The first-order chi connectivity index (χ1) is 10.9. The number of nitro groups is 1. The highest BCUT2D eigenvalue weighted by Crippen LogP contribution is 2.23. The number of hydrogen-bond donors (Lipinski definition) is 0. The molecular weight excluding hydrogens is 325 g/mol. The van der Waals surface area contributed by atoms with Gasteiger partial charge in [-0.05, 0) is 17.6 Å². The Morgan fingerprint density at radius 3 is 2.29 bits per heavy atom. The quantitative estimate of drug-likeness (QED) is 0.460. The lowest BCUT2D eigenvalue weighted by Gasteiger charge is -2.29. The lowest BCUT2D eigenvalue weighted by Crippen LogP contribution is -2.42. The Hall–Kier alpha value is -2.38. The van der Waals surface area contributed by atoms with E-state index in [9.17, 15) is 28.1 Å². The van der Waals surface area contributed by atoms with Crippen LogP contribution in [0, 0.1) is 15.5 Å². The van der Waals surface area contributed by atoms with E-state index in [2.05, 4.69) is 0 Å². The molecule has 0 spiro atoms. The fraction of sp³-hybridized carbons (Fsp3) is 0.438. The predicted molar refractivity (Wildman–Crippen MR) is 84.2 cm³/mol. The van der Waals surface area contributed by atoms with Gasteiger partial charge in [-0.1, -0.05) is 32.9 Å². The second-order valence-corrected chi connectivity index (χ2v) is 6.52. The molecule has 0 bridgehead atoms. The van der Waals surface area contributed by atoms with Gasteiger partial charge in [0, 0.05) is 18.7 Å². The summed E-state index contributed by atoms with van der Waals surface area (Å²) in [4.78, 5) is 23.1. The molecule has 0 aliphatic rings. The number of carbonyl (C=O) groups is 1. The number of halogens is 3. The number of rotatable bonds is 5. The first kappa shape index (κ1) is 19.7. The number of para-hydroxylation sites is 1. The SMILES string of the molecule is CC(C)(C)CN(CC(F)(F)F)C(=O)/C=C/c1ccccc1[N+](=O)[O-]. The van der Waals surface area contributed by atoms with Gasteiger partial charge in [0.05, 0.1) is 10.5 Å². The summed E-state index contributed by atoms with van der Waals surface area (Å²) >= 11 is 0. The van der Waals surface area contributed by atoms with Crippen molar-refractivity contribution in [1.82, 2.24) is 4.90 Å². The number of alkyl halides is 3. The maximum absolute atomic E-state index is 12.7. The number of amides is 1. The van der Waals surface area contributed by atoms with Crippen LogP contribution in [-0.4, -0.2) is 35.0 Å². The van der Waals surface area contributed by atoms with E-state index < -0.39 is 29.0 Å². The molecular formula is C16H19F3N2O3. The molecule has 1 aromatic rings. The summed E-state index contributed by atoms with van der Waals surface area (Å²) < 4.78 is 38.0. The first-order valence-electron chi connectivity index (χ1n) is 7.16. The van der Waals surface area contributed by atoms with Gasteiger partial charge in [0.2, 0.25) is 5.91 Å². The molecule has 0 aliphatic heterocycles. The van der Waals surface area contributed by atoms with Crippen LogP contribution in [0.25, 0.3) is 6.08 Å². The molecule has 1 amide bonds. The molecule has 24 heavy (non-hydrogen) atoms. The molecule has 0 N–H and O–H groups in total. The summed E-state index contributed by atoms with van der Waals surface area (Å²) in [6, 6.07) is 5.68. The normalized spacial score (nSPS) is 12.4. The Labute approximate surface area is 137 Å². The molecule has 0 aromatic heterocycles. The fourth-order valence-corrected chi connectivity index (χ4v) is 2.06. The van der Waals surface area contributed by atoms with Crippen LogP contribution in [0.1, 0.15) is 26.3 Å². The van der Waals surface area contributed by atoms with E-state index in [0.29, 0.717) is 4.90 Å². The molecule has 8 heteroatoms. The van der Waals surface area contributed by atoms with Crippen LogP contribution in [0.4, 0.5) is 18.9 Å². The van der Waals surface area contributed by atoms with Gasteiger partial charge < -0.3 is 4.90 Å². The van der Waals surface area contributed by atoms with Crippen LogP contribution >= 0.6 is 0 Å². The monoisotopic (exact) mass is 344 g/mol. The van der Waals surface area contributed by atoms with E-state index in [0.717, 1.165) is 12.2 Å². The number of carbonyl (C=O) groups excluding carboxylic acids is 1. The summed E-state index contributed by atoms with van der Waals surface area (Å²) in [5, 5.41) is 10.9. The Kier molecular flexibility index (Phi) is 6.11. The first-order valence-corrected chi connectivity index (χ1v) is 7.16. The van der Waals surface area contributed by atoms with E-state index in [-0.39, 0.29) is 17.8 Å². The summed E-state index contributed by atoms with van der Waals surface area (Å²) in [6.07, 6.45) is -2.43. The Morgan fingerprint density at radius 2 is 1.79 bits per heavy atom. The third kappa shape index (κ3) is 6.80. The van der Waals surface area contributed by atoms with E-state index in [1.807, 2.05) is 0 Å². The number of hydrogen-bond acceptors (Lipinski definition) is 3. The van der Waals surface area contributed by atoms with Crippen molar-refractivity contribution < 1.29 is 22.9 Å². The van der Waals surface area contributed by atoms with Crippen LogP contribution in [-0.2, 0) is 4.79 Å². The van der Waals surface area contributed by atoms with Crippen molar-refractivity contribution >= 4 is 17.7 Å². The van der Waals surface area contributed by atoms with Crippen molar-refractivity contribution in [2.24, 2.45) is 5.41 Å². The average Bonchev–Trinajstić information content (AvgIpc) is 2.41. The van der Waals surface area contributed by atoms with Crippen LogP contribution in [0.15, 0.2) is 30.3 Å². The van der Waals surface area contributed by atoms with E-state index in [1.54, 1.807) is 26.8 Å². The van der Waals surface area contributed by atoms with Crippen molar-refractivity contribution in [2.75, 3.05) is 13.1 Å².